The van der Waals surface area contributed by atoms with Gasteiger partial charge in [-0.1, -0.05) is 18.3 Å². The molecule has 0 bridgehead atoms. The molecule has 0 aliphatic rings. The Hall–Kier alpha value is -2.11. The normalized spacial score (nSPS) is 13.5. The third-order valence-electron chi connectivity index (χ3n) is 4.37. The first-order chi connectivity index (χ1) is 14.3. The third-order valence-corrected chi connectivity index (χ3v) is 7.37. The van der Waals surface area contributed by atoms with Crippen molar-refractivity contribution in [1.29, 1.82) is 0 Å². The molecule has 8 nitrogen and oxygen atoms in total. The predicted octanol–water partition coefficient (Wildman–Crippen LogP) is 4.52. The van der Waals surface area contributed by atoms with Gasteiger partial charge < -0.3 is 9.84 Å². The molecule has 168 valence electrons. The molecule has 0 aliphatic heterocycles. The monoisotopic (exact) mass is 483 g/mol. The van der Waals surface area contributed by atoms with Crippen LogP contribution in [0, 0.1) is 0 Å². The van der Waals surface area contributed by atoms with E-state index in [1.54, 1.807) is 32.5 Å². The first-order valence-electron chi connectivity index (χ1n) is 9.45. The van der Waals surface area contributed by atoms with Crippen LogP contribution >= 0.6 is 23.1 Å². The van der Waals surface area contributed by atoms with Crippen molar-refractivity contribution in [2.24, 2.45) is 0 Å². The molecule has 11 heteroatoms. The SMILES string of the molecule is CSCC(C)c1c(O)c2nc(-c3cncc(S(C)(=O)=O)c3)sc2n1C(=O)OC(C)(C)C. The Kier molecular flexibility index (Phi) is 6.41. The summed E-state index contributed by atoms with van der Waals surface area (Å²) in [7, 11) is -3.44. The maximum absolute atomic E-state index is 13.1. The van der Waals surface area contributed by atoms with Crippen LogP contribution in [-0.4, -0.2) is 58.0 Å². The summed E-state index contributed by atoms with van der Waals surface area (Å²) in [6.07, 6.45) is 5.23. The maximum atomic E-state index is 13.1. The van der Waals surface area contributed by atoms with Gasteiger partial charge in [-0.15, -0.1) is 0 Å². The van der Waals surface area contributed by atoms with E-state index in [1.165, 1.54) is 34.4 Å². The lowest BCUT2D eigenvalue weighted by molar-refractivity contribution is 0.0538. The molecular weight excluding hydrogens is 458 g/mol. The largest absolute Gasteiger partial charge is 0.504 e. The Morgan fingerprint density at radius 2 is 2.03 bits per heavy atom. The number of hydrogen-bond donors (Lipinski definition) is 1. The van der Waals surface area contributed by atoms with E-state index in [2.05, 4.69) is 9.97 Å². The van der Waals surface area contributed by atoms with Gasteiger partial charge in [0, 0.05) is 35.9 Å². The minimum atomic E-state index is -3.44. The summed E-state index contributed by atoms with van der Waals surface area (Å²) in [5.74, 6) is 0.501. The zero-order chi connectivity index (χ0) is 23.1. The smallest absolute Gasteiger partial charge is 0.420 e. The molecule has 1 N–H and O–H groups in total. The van der Waals surface area contributed by atoms with Crippen molar-refractivity contribution in [3.05, 3.63) is 24.2 Å². The van der Waals surface area contributed by atoms with Crippen LogP contribution in [0.4, 0.5) is 4.79 Å². The van der Waals surface area contributed by atoms with Crippen molar-refractivity contribution < 1.29 is 23.1 Å². The fourth-order valence-corrected chi connectivity index (χ4v) is 5.39. The summed E-state index contributed by atoms with van der Waals surface area (Å²) >= 11 is 2.78. The molecule has 0 fully saturated rings. The molecule has 31 heavy (non-hydrogen) atoms. The van der Waals surface area contributed by atoms with E-state index in [9.17, 15) is 18.3 Å². The molecule has 1 unspecified atom stereocenters. The minimum Gasteiger partial charge on any atom is -0.504 e. The molecule has 0 saturated carbocycles. The van der Waals surface area contributed by atoms with Gasteiger partial charge in [-0.05, 0) is 33.1 Å². The highest BCUT2D eigenvalue weighted by Gasteiger charge is 2.31. The Labute approximate surface area is 189 Å². The van der Waals surface area contributed by atoms with Crippen LogP contribution in [-0.2, 0) is 14.6 Å². The number of carbonyl (C=O) groups excluding carboxylic acids is 1. The third kappa shape index (κ3) is 4.88. The summed E-state index contributed by atoms with van der Waals surface area (Å²) in [5, 5.41) is 11.4. The van der Waals surface area contributed by atoms with Gasteiger partial charge in [0.1, 0.15) is 21.0 Å². The molecule has 0 amide bonds. The van der Waals surface area contributed by atoms with Gasteiger partial charge in [-0.3, -0.25) is 4.98 Å². The number of thiazole rings is 1. The van der Waals surface area contributed by atoms with Gasteiger partial charge >= 0.3 is 6.09 Å². The Balaban J connectivity index is 2.21. The number of aromatic hydroxyl groups is 1. The highest BCUT2D eigenvalue weighted by Crippen LogP contribution is 2.42. The number of nitrogens with zero attached hydrogens (tertiary/aromatic N) is 3. The molecule has 0 saturated heterocycles. The number of sulfone groups is 1. The van der Waals surface area contributed by atoms with Crippen LogP contribution in [0.2, 0.25) is 0 Å². The minimum absolute atomic E-state index is 0.0680. The van der Waals surface area contributed by atoms with E-state index in [4.69, 9.17) is 4.74 Å². The van der Waals surface area contributed by atoms with E-state index in [0.717, 1.165) is 6.26 Å². The summed E-state index contributed by atoms with van der Waals surface area (Å²) < 4.78 is 30.7. The number of carbonyl (C=O) groups is 1. The van der Waals surface area contributed by atoms with Crippen molar-refractivity contribution in [2.75, 3.05) is 18.3 Å². The van der Waals surface area contributed by atoms with Crippen LogP contribution in [0.25, 0.3) is 20.9 Å². The molecule has 3 aromatic rings. The fraction of sp³-hybridized carbons (Fsp3) is 0.450. The molecular formula is C20H25N3O5S3. The van der Waals surface area contributed by atoms with E-state index < -0.39 is 21.5 Å². The summed E-state index contributed by atoms with van der Waals surface area (Å²) in [5.41, 5.74) is 0.494. The Morgan fingerprint density at radius 1 is 1.35 bits per heavy atom. The van der Waals surface area contributed by atoms with Crippen molar-refractivity contribution in [3.8, 4) is 16.3 Å². The molecule has 3 heterocycles. The number of hydrogen-bond acceptors (Lipinski definition) is 9. The molecule has 3 aromatic heterocycles. The van der Waals surface area contributed by atoms with E-state index >= 15 is 0 Å². The lowest BCUT2D eigenvalue weighted by Crippen LogP contribution is -2.28. The highest BCUT2D eigenvalue weighted by molar-refractivity contribution is 7.98. The second-order valence-corrected chi connectivity index (χ2v) is 12.2. The van der Waals surface area contributed by atoms with Crippen molar-refractivity contribution >= 4 is 49.4 Å². The summed E-state index contributed by atoms with van der Waals surface area (Å²) in [6.45, 7) is 7.25. The number of ether oxygens (including phenoxy) is 1. The van der Waals surface area contributed by atoms with E-state index in [-0.39, 0.29) is 22.1 Å². The van der Waals surface area contributed by atoms with Gasteiger partial charge in [0.15, 0.2) is 15.6 Å². The molecule has 0 radical (unpaired) electrons. The van der Waals surface area contributed by atoms with Gasteiger partial charge in [0.25, 0.3) is 0 Å². The topological polar surface area (TPSA) is 111 Å². The van der Waals surface area contributed by atoms with Crippen LogP contribution < -0.4 is 0 Å². The van der Waals surface area contributed by atoms with Crippen molar-refractivity contribution in [3.63, 3.8) is 0 Å². The zero-order valence-corrected chi connectivity index (χ0v) is 20.6. The van der Waals surface area contributed by atoms with Gasteiger partial charge in [-0.25, -0.2) is 22.8 Å². The summed E-state index contributed by atoms with van der Waals surface area (Å²) in [6, 6.07) is 1.48. The van der Waals surface area contributed by atoms with Crippen LogP contribution in [0.3, 0.4) is 0 Å². The van der Waals surface area contributed by atoms with E-state index in [0.29, 0.717) is 26.8 Å². The molecule has 0 spiro atoms. The predicted molar refractivity (Wildman–Crippen MR) is 124 cm³/mol. The number of rotatable bonds is 5. The van der Waals surface area contributed by atoms with Gasteiger partial charge in [0.2, 0.25) is 0 Å². The molecule has 1 atom stereocenters. The van der Waals surface area contributed by atoms with Crippen LogP contribution in [0.5, 0.6) is 5.75 Å². The average Bonchev–Trinajstić information content (AvgIpc) is 3.18. The number of aromatic nitrogens is 3. The standard InChI is InChI=1S/C20H25N3O5S3/c1-11(10-29-5)15-16(24)14-18(23(15)19(25)28-20(2,3)4)30-17(22-14)12-7-13(9-21-8-12)31(6,26)27/h7-9,11,24H,10H2,1-6H3. The van der Waals surface area contributed by atoms with Crippen molar-refractivity contribution in [1.82, 2.24) is 14.5 Å². The van der Waals surface area contributed by atoms with E-state index in [1.807, 2.05) is 13.2 Å². The molecule has 0 aromatic carbocycles. The Bertz CT molecular complexity index is 1240. The number of pyridine rings is 1. The fourth-order valence-electron chi connectivity index (χ4n) is 3.09. The Morgan fingerprint density at radius 3 is 2.61 bits per heavy atom. The summed E-state index contributed by atoms with van der Waals surface area (Å²) in [4.78, 5) is 22.1. The number of fused-ring (bicyclic) bond motifs is 1. The second-order valence-electron chi connectivity index (χ2n) is 8.26. The lowest BCUT2D eigenvalue weighted by atomic mass is 10.1. The van der Waals surface area contributed by atoms with Gasteiger partial charge in [0.05, 0.1) is 10.6 Å². The van der Waals surface area contributed by atoms with Crippen molar-refractivity contribution in [2.45, 2.75) is 44.1 Å². The average molecular weight is 484 g/mol. The first-order valence-corrected chi connectivity index (χ1v) is 13.6. The van der Waals surface area contributed by atoms with Gasteiger partial charge in [-0.2, -0.15) is 11.8 Å². The lowest BCUT2D eigenvalue weighted by Gasteiger charge is -2.21. The molecule has 0 aliphatic carbocycles. The second kappa shape index (κ2) is 8.44. The first kappa shape index (κ1) is 23.6. The van der Waals surface area contributed by atoms with Crippen LogP contribution in [0.15, 0.2) is 23.4 Å². The molecule has 3 rings (SSSR count). The quantitative estimate of drug-likeness (QED) is 0.564. The highest BCUT2D eigenvalue weighted by atomic mass is 32.2. The number of thioether (sulfide) groups is 1. The maximum Gasteiger partial charge on any atom is 0.420 e. The van der Waals surface area contributed by atoms with Crippen LogP contribution in [0.1, 0.15) is 39.3 Å². The zero-order valence-electron chi connectivity index (χ0n) is 18.2.